The van der Waals surface area contributed by atoms with E-state index < -0.39 is 22.7 Å². The van der Waals surface area contributed by atoms with Crippen LogP contribution in [0.15, 0.2) is 0 Å². The summed E-state index contributed by atoms with van der Waals surface area (Å²) in [5, 5.41) is 10.4. The third-order valence-corrected chi connectivity index (χ3v) is 2.86. The van der Waals surface area contributed by atoms with Gasteiger partial charge in [0.15, 0.2) is 0 Å². The standard InChI is InChI=1S/C11H17NO5/c1-7(2)3-4-9(13)10-8(5-12(15)16)6-17-11(10)14/h7-8,10H,3-6H2,1-2H3/t8-,10-/m0/s1. The Labute approximate surface area is 99.5 Å². The predicted molar refractivity (Wildman–Crippen MR) is 58.9 cm³/mol. The lowest BCUT2D eigenvalue weighted by Crippen LogP contribution is -2.30. The molecule has 6 heteroatoms. The first-order valence-corrected chi connectivity index (χ1v) is 5.73. The highest BCUT2D eigenvalue weighted by molar-refractivity contribution is 6.00. The first-order chi connectivity index (χ1) is 7.91. The number of carbonyl (C=O) groups excluding carboxylic acids is 2. The molecular formula is C11H17NO5. The summed E-state index contributed by atoms with van der Waals surface area (Å²) in [5.74, 6) is -2.00. The third kappa shape index (κ3) is 3.80. The number of nitro groups is 1. The van der Waals surface area contributed by atoms with E-state index in [9.17, 15) is 19.7 Å². The molecule has 0 aromatic heterocycles. The van der Waals surface area contributed by atoms with Crippen LogP contribution in [-0.2, 0) is 14.3 Å². The first kappa shape index (κ1) is 13.6. The van der Waals surface area contributed by atoms with Crippen LogP contribution in [-0.4, -0.2) is 29.8 Å². The fourth-order valence-corrected chi connectivity index (χ4v) is 1.90. The lowest BCUT2D eigenvalue weighted by Gasteiger charge is -2.11. The van der Waals surface area contributed by atoms with Gasteiger partial charge in [0, 0.05) is 11.3 Å². The quantitative estimate of drug-likeness (QED) is 0.301. The molecule has 0 aliphatic carbocycles. The van der Waals surface area contributed by atoms with Crippen molar-refractivity contribution in [3.63, 3.8) is 0 Å². The molecule has 1 heterocycles. The average molecular weight is 243 g/mol. The van der Waals surface area contributed by atoms with Gasteiger partial charge in [-0.25, -0.2) is 0 Å². The Kier molecular flexibility index (Phi) is 4.60. The molecule has 0 unspecified atom stereocenters. The summed E-state index contributed by atoms with van der Waals surface area (Å²) in [6.45, 7) is 3.56. The predicted octanol–water partition coefficient (Wildman–Crippen LogP) is 1.06. The van der Waals surface area contributed by atoms with Gasteiger partial charge in [0.2, 0.25) is 6.54 Å². The van der Waals surface area contributed by atoms with E-state index in [-0.39, 0.29) is 25.4 Å². The minimum atomic E-state index is -0.931. The second kappa shape index (κ2) is 5.75. The van der Waals surface area contributed by atoms with E-state index in [0.717, 1.165) is 0 Å². The van der Waals surface area contributed by atoms with Crippen LogP contribution < -0.4 is 0 Å². The molecule has 17 heavy (non-hydrogen) atoms. The molecule has 0 saturated carbocycles. The van der Waals surface area contributed by atoms with Crippen molar-refractivity contribution >= 4 is 11.8 Å². The minimum Gasteiger partial charge on any atom is -0.465 e. The van der Waals surface area contributed by atoms with Gasteiger partial charge in [-0.2, -0.15) is 0 Å². The summed E-state index contributed by atoms with van der Waals surface area (Å²) < 4.78 is 4.74. The Bertz CT molecular complexity index is 326. The second-order valence-corrected chi connectivity index (χ2v) is 4.78. The van der Waals surface area contributed by atoms with E-state index in [1.54, 1.807) is 0 Å². The molecule has 0 spiro atoms. The van der Waals surface area contributed by atoms with Crippen molar-refractivity contribution in [2.75, 3.05) is 13.2 Å². The molecule has 0 amide bonds. The normalized spacial score (nSPS) is 23.8. The van der Waals surface area contributed by atoms with E-state index in [0.29, 0.717) is 12.3 Å². The van der Waals surface area contributed by atoms with Crippen molar-refractivity contribution in [3.8, 4) is 0 Å². The van der Waals surface area contributed by atoms with Gasteiger partial charge in [-0.3, -0.25) is 19.7 Å². The topological polar surface area (TPSA) is 86.5 Å². The number of cyclic esters (lactones) is 1. The van der Waals surface area contributed by atoms with Crippen LogP contribution >= 0.6 is 0 Å². The van der Waals surface area contributed by atoms with Crippen LogP contribution in [0.1, 0.15) is 26.7 Å². The molecule has 1 saturated heterocycles. The average Bonchev–Trinajstić information content (AvgIpc) is 2.55. The molecule has 2 atom stereocenters. The van der Waals surface area contributed by atoms with Gasteiger partial charge < -0.3 is 4.74 Å². The molecule has 0 radical (unpaired) electrons. The highest BCUT2D eigenvalue weighted by atomic mass is 16.6. The summed E-state index contributed by atoms with van der Waals surface area (Å²) in [7, 11) is 0. The number of ketones is 1. The van der Waals surface area contributed by atoms with Crippen LogP contribution in [0.2, 0.25) is 0 Å². The molecule has 0 aromatic carbocycles. The van der Waals surface area contributed by atoms with Crippen molar-refractivity contribution in [3.05, 3.63) is 10.1 Å². The lowest BCUT2D eigenvalue weighted by atomic mass is 9.88. The molecule has 1 rings (SSSR count). The molecule has 1 fully saturated rings. The number of Topliss-reactive ketones (excluding diaryl/α,β-unsaturated/α-hetero) is 1. The van der Waals surface area contributed by atoms with E-state index >= 15 is 0 Å². The number of ether oxygens (including phenoxy) is 1. The highest BCUT2D eigenvalue weighted by Crippen LogP contribution is 2.25. The number of nitrogens with zero attached hydrogens (tertiary/aromatic N) is 1. The number of esters is 1. The molecular weight excluding hydrogens is 226 g/mol. The van der Waals surface area contributed by atoms with Crippen molar-refractivity contribution in [1.29, 1.82) is 0 Å². The van der Waals surface area contributed by atoms with E-state index in [1.807, 2.05) is 13.8 Å². The molecule has 0 N–H and O–H groups in total. The zero-order chi connectivity index (χ0) is 13.0. The van der Waals surface area contributed by atoms with Crippen LogP contribution in [0, 0.1) is 27.9 Å². The maximum Gasteiger partial charge on any atom is 0.317 e. The fraction of sp³-hybridized carbons (Fsp3) is 0.818. The summed E-state index contributed by atoms with van der Waals surface area (Å²) in [6, 6.07) is 0. The summed E-state index contributed by atoms with van der Waals surface area (Å²) >= 11 is 0. The second-order valence-electron chi connectivity index (χ2n) is 4.78. The Morgan fingerprint density at radius 1 is 1.59 bits per heavy atom. The number of rotatable bonds is 6. The zero-order valence-electron chi connectivity index (χ0n) is 10.0. The Hall–Kier alpha value is -1.46. The zero-order valence-corrected chi connectivity index (χ0v) is 10.0. The van der Waals surface area contributed by atoms with Gasteiger partial charge in [-0.15, -0.1) is 0 Å². The van der Waals surface area contributed by atoms with Crippen molar-refractivity contribution in [2.24, 2.45) is 17.8 Å². The van der Waals surface area contributed by atoms with Gasteiger partial charge >= 0.3 is 5.97 Å². The molecule has 0 bridgehead atoms. The molecule has 1 aliphatic heterocycles. The SMILES string of the molecule is CC(C)CCC(=O)[C@H]1C(=O)OC[C@@H]1C[N+](=O)[O-]. The monoisotopic (exact) mass is 243 g/mol. The lowest BCUT2D eigenvalue weighted by molar-refractivity contribution is -0.488. The fourth-order valence-electron chi connectivity index (χ4n) is 1.90. The maximum atomic E-state index is 11.8. The Morgan fingerprint density at radius 3 is 2.76 bits per heavy atom. The van der Waals surface area contributed by atoms with Crippen molar-refractivity contribution in [2.45, 2.75) is 26.7 Å². The van der Waals surface area contributed by atoms with Crippen LogP contribution in [0.25, 0.3) is 0 Å². The largest absolute Gasteiger partial charge is 0.465 e. The first-order valence-electron chi connectivity index (χ1n) is 5.73. The van der Waals surface area contributed by atoms with E-state index in [2.05, 4.69) is 0 Å². The van der Waals surface area contributed by atoms with Gasteiger partial charge in [0.1, 0.15) is 18.3 Å². The molecule has 0 aromatic rings. The summed E-state index contributed by atoms with van der Waals surface area (Å²) in [4.78, 5) is 33.1. The van der Waals surface area contributed by atoms with Gasteiger partial charge in [-0.1, -0.05) is 13.8 Å². The minimum absolute atomic E-state index is 0.0160. The van der Waals surface area contributed by atoms with Crippen LogP contribution in [0.3, 0.4) is 0 Å². The molecule has 96 valence electrons. The van der Waals surface area contributed by atoms with Crippen LogP contribution in [0.4, 0.5) is 0 Å². The van der Waals surface area contributed by atoms with Crippen molar-refractivity contribution in [1.82, 2.24) is 0 Å². The Morgan fingerprint density at radius 2 is 2.24 bits per heavy atom. The van der Waals surface area contributed by atoms with E-state index in [4.69, 9.17) is 4.74 Å². The van der Waals surface area contributed by atoms with Gasteiger partial charge in [0.25, 0.3) is 0 Å². The maximum absolute atomic E-state index is 11.8. The number of hydrogen-bond acceptors (Lipinski definition) is 5. The highest BCUT2D eigenvalue weighted by Gasteiger charge is 2.44. The summed E-state index contributed by atoms with van der Waals surface area (Å²) in [5.41, 5.74) is 0. The van der Waals surface area contributed by atoms with Gasteiger partial charge in [-0.05, 0) is 12.3 Å². The Balaban J connectivity index is 2.60. The van der Waals surface area contributed by atoms with E-state index in [1.165, 1.54) is 0 Å². The van der Waals surface area contributed by atoms with Crippen molar-refractivity contribution < 1.29 is 19.2 Å². The molecule has 1 aliphatic rings. The molecule has 6 nitrogen and oxygen atoms in total. The third-order valence-electron chi connectivity index (χ3n) is 2.86. The summed E-state index contributed by atoms with van der Waals surface area (Å²) in [6.07, 6.45) is 0.972. The number of hydrogen-bond donors (Lipinski definition) is 0. The number of carbonyl (C=O) groups is 2. The van der Waals surface area contributed by atoms with Crippen LogP contribution in [0.5, 0.6) is 0 Å². The van der Waals surface area contributed by atoms with Gasteiger partial charge in [0.05, 0.1) is 5.92 Å². The smallest absolute Gasteiger partial charge is 0.317 e.